The van der Waals surface area contributed by atoms with E-state index in [1.165, 1.54) is 23.7 Å². The maximum Gasteiger partial charge on any atom is 0.192 e. The molecule has 1 nitrogen and oxygen atoms in total. The highest BCUT2D eigenvalue weighted by Gasteiger charge is 2.32. The maximum atomic E-state index is 6.55. The van der Waals surface area contributed by atoms with E-state index in [0.717, 1.165) is 9.45 Å². The van der Waals surface area contributed by atoms with Crippen LogP contribution in [-0.4, -0.2) is 12.7 Å². The van der Waals surface area contributed by atoms with E-state index in [9.17, 15) is 0 Å². The Morgan fingerprint density at radius 3 is 2.00 bits per heavy atom. The first kappa shape index (κ1) is 16.5. The largest absolute Gasteiger partial charge is 0.409 e. The quantitative estimate of drug-likeness (QED) is 0.320. The third-order valence-corrected chi connectivity index (χ3v) is 9.41. The van der Waals surface area contributed by atoms with Crippen LogP contribution in [0, 0.1) is 0 Å². The van der Waals surface area contributed by atoms with Gasteiger partial charge in [-0.1, -0.05) is 67.1 Å². The SMILES string of the molecule is CC[Si](CC)(CC)OC(CI)c1ccc(Cl)cc1. The van der Waals surface area contributed by atoms with Gasteiger partial charge in [0.15, 0.2) is 8.32 Å². The van der Waals surface area contributed by atoms with Crippen molar-refractivity contribution in [3.63, 3.8) is 0 Å². The molecule has 102 valence electrons. The lowest BCUT2D eigenvalue weighted by Crippen LogP contribution is -2.37. The molecule has 1 aromatic rings. The van der Waals surface area contributed by atoms with Crippen molar-refractivity contribution in [1.29, 1.82) is 0 Å². The van der Waals surface area contributed by atoms with Gasteiger partial charge in [0.05, 0.1) is 6.10 Å². The first-order valence-corrected chi connectivity index (χ1v) is 11.0. The summed E-state index contributed by atoms with van der Waals surface area (Å²) in [5.41, 5.74) is 1.25. The normalized spacial score (nSPS) is 13.6. The highest BCUT2D eigenvalue weighted by atomic mass is 127. The van der Waals surface area contributed by atoms with Gasteiger partial charge in [-0.05, 0) is 35.8 Å². The van der Waals surface area contributed by atoms with E-state index in [1.54, 1.807) is 0 Å². The van der Waals surface area contributed by atoms with Crippen molar-refractivity contribution in [2.45, 2.75) is 45.0 Å². The highest BCUT2D eigenvalue weighted by molar-refractivity contribution is 14.1. The van der Waals surface area contributed by atoms with Crippen molar-refractivity contribution < 1.29 is 4.43 Å². The molecule has 1 rings (SSSR count). The molecule has 0 spiro atoms. The fraction of sp³-hybridized carbons (Fsp3) is 0.571. The van der Waals surface area contributed by atoms with Gasteiger partial charge in [-0.25, -0.2) is 0 Å². The van der Waals surface area contributed by atoms with Crippen LogP contribution < -0.4 is 0 Å². The zero-order valence-electron chi connectivity index (χ0n) is 11.4. The van der Waals surface area contributed by atoms with Gasteiger partial charge in [0.25, 0.3) is 0 Å². The van der Waals surface area contributed by atoms with Crippen LogP contribution in [0.5, 0.6) is 0 Å². The Bertz CT molecular complexity index is 343. The number of hydrogen-bond acceptors (Lipinski definition) is 1. The second-order valence-corrected chi connectivity index (χ2v) is 10.6. The summed E-state index contributed by atoms with van der Waals surface area (Å²) >= 11 is 8.36. The summed E-state index contributed by atoms with van der Waals surface area (Å²) in [4.78, 5) is 0. The molecule has 0 N–H and O–H groups in total. The van der Waals surface area contributed by atoms with Gasteiger partial charge >= 0.3 is 0 Å². The van der Waals surface area contributed by atoms with Crippen LogP contribution in [-0.2, 0) is 4.43 Å². The van der Waals surface area contributed by atoms with Crippen LogP contribution >= 0.6 is 34.2 Å². The van der Waals surface area contributed by atoms with E-state index in [0.29, 0.717) is 0 Å². The molecule has 1 aromatic carbocycles. The minimum atomic E-state index is -1.54. The summed E-state index contributed by atoms with van der Waals surface area (Å²) in [7, 11) is -1.54. The zero-order chi connectivity index (χ0) is 13.6. The van der Waals surface area contributed by atoms with Crippen molar-refractivity contribution >= 4 is 42.5 Å². The lowest BCUT2D eigenvalue weighted by molar-refractivity contribution is 0.217. The summed E-state index contributed by atoms with van der Waals surface area (Å²) in [6.45, 7) is 6.81. The monoisotopic (exact) mass is 396 g/mol. The number of hydrogen-bond donors (Lipinski definition) is 0. The van der Waals surface area contributed by atoms with E-state index in [4.69, 9.17) is 16.0 Å². The van der Waals surface area contributed by atoms with Crippen molar-refractivity contribution in [2.75, 3.05) is 4.43 Å². The molecule has 0 amide bonds. The second kappa shape index (κ2) is 7.87. The number of rotatable bonds is 7. The Morgan fingerprint density at radius 1 is 1.11 bits per heavy atom. The first-order chi connectivity index (χ1) is 8.60. The van der Waals surface area contributed by atoms with Gasteiger partial charge < -0.3 is 4.43 Å². The fourth-order valence-electron chi connectivity index (χ4n) is 2.17. The molecule has 0 bridgehead atoms. The van der Waals surface area contributed by atoms with E-state index in [-0.39, 0.29) is 6.10 Å². The predicted molar refractivity (Wildman–Crippen MR) is 91.4 cm³/mol. The first-order valence-electron chi connectivity index (χ1n) is 6.60. The Kier molecular flexibility index (Phi) is 7.20. The molecule has 18 heavy (non-hydrogen) atoms. The lowest BCUT2D eigenvalue weighted by Gasteiger charge is -2.32. The minimum absolute atomic E-state index is 0.217. The molecule has 0 aromatic heterocycles. The molecule has 0 aliphatic heterocycles. The van der Waals surface area contributed by atoms with Crippen molar-refractivity contribution in [3.05, 3.63) is 34.9 Å². The highest BCUT2D eigenvalue weighted by Crippen LogP contribution is 2.31. The van der Waals surface area contributed by atoms with E-state index in [2.05, 4.69) is 55.5 Å². The average molecular weight is 397 g/mol. The van der Waals surface area contributed by atoms with Crippen LogP contribution in [0.3, 0.4) is 0 Å². The van der Waals surface area contributed by atoms with Crippen molar-refractivity contribution in [3.8, 4) is 0 Å². The van der Waals surface area contributed by atoms with Crippen molar-refractivity contribution in [1.82, 2.24) is 0 Å². The van der Waals surface area contributed by atoms with Gasteiger partial charge in [0.1, 0.15) is 0 Å². The van der Waals surface area contributed by atoms with Crippen LogP contribution in [0.2, 0.25) is 23.2 Å². The molecular formula is C14H22ClIOSi. The minimum Gasteiger partial charge on any atom is -0.409 e. The Balaban J connectivity index is 2.86. The molecule has 1 unspecified atom stereocenters. The van der Waals surface area contributed by atoms with E-state index >= 15 is 0 Å². The molecule has 0 saturated carbocycles. The van der Waals surface area contributed by atoms with Crippen LogP contribution in [0.1, 0.15) is 32.4 Å². The van der Waals surface area contributed by atoms with Gasteiger partial charge in [0.2, 0.25) is 0 Å². The smallest absolute Gasteiger partial charge is 0.192 e. The molecule has 0 aliphatic carbocycles. The molecule has 0 aliphatic rings. The summed E-state index contributed by atoms with van der Waals surface area (Å²) < 4.78 is 7.54. The average Bonchev–Trinajstić information content (AvgIpc) is 2.42. The number of alkyl halides is 1. The van der Waals surface area contributed by atoms with Gasteiger partial charge in [0, 0.05) is 9.45 Å². The molecule has 0 saturated heterocycles. The predicted octanol–water partition coefficient (Wildman–Crippen LogP) is 5.84. The lowest BCUT2D eigenvalue weighted by atomic mass is 10.1. The van der Waals surface area contributed by atoms with Gasteiger partial charge in [-0.15, -0.1) is 0 Å². The topological polar surface area (TPSA) is 9.23 Å². The fourth-order valence-corrected chi connectivity index (χ4v) is 6.14. The summed E-state index contributed by atoms with van der Waals surface area (Å²) in [6, 6.07) is 11.7. The maximum absolute atomic E-state index is 6.55. The van der Waals surface area contributed by atoms with Gasteiger partial charge in [-0.3, -0.25) is 0 Å². The standard InChI is InChI=1S/C14H22ClIOSi/c1-4-18(5-2,6-3)17-14(11-16)12-7-9-13(15)10-8-12/h7-10,14H,4-6,11H2,1-3H3. The molecule has 0 fully saturated rings. The molecular weight excluding hydrogens is 375 g/mol. The van der Waals surface area contributed by atoms with Crippen LogP contribution in [0.4, 0.5) is 0 Å². The number of benzene rings is 1. The third kappa shape index (κ3) is 4.22. The van der Waals surface area contributed by atoms with Crippen molar-refractivity contribution in [2.24, 2.45) is 0 Å². The van der Waals surface area contributed by atoms with Crippen LogP contribution in [0.15, 0.2) is 24.3 Å². The summed E-state index contributed by atoms with van der Waals surface area (Å²) in [5.74, 6) is 0. The molecule has 0 heterocycles. The molecule has 4 heteroatoms. The summed E-state index contributed by atoms with van der Waals surface area (Å²) in [5, 5.41) is 0.788. The second-order valence-electron chi connectivity index (χ2n) is 4.56. The Morgan fingerprint density at radius 2 is 1.61 bits per heavy atom. The van der Waals surface area contributed by atoms with Gasteiger partial charge in [-0.2, -0.15) is 0 Å². The number of halogens is 2. The summed E-state index contributed by atoms with van der Waals surface area (Å²) in [6.07, 6.45) is 0.217. The third-order valence-electron chi connectivity index (χ3n) is 3.71. The van der Waals surface area contributed by atoms with Crippen LogP contribution in [0.25, 0.3) is 0 Å². The van der Waals surface area contributed by atoms with E-state index in [1.807, 2.05) is 12.1 Å². The Hall–Kier alpha value is 0.417. The van der Waals surface area contributed by atoms with E-state index < -0.39 is 8.32 Å². The zero-order valence-corrected chi connectivity index (χ0v) is 15.3. The Labute approximate surface area is 131 Å². The molecule has 0 radical (unpaired) electrons. The molecule has 1 atom stereocenters.